The second-order valence-electron chi connectivity index (χ2n) is 11.7. The fourth-order valence-electron chi connectivity index (χ4n) is 5.56. The summed E-state index contributed by atoms with van der Waals surface area (Å²) in [5, 5.41) is 0. The van der Waals surface area contributed by atoms with Gasteiger partial charge in [-0.25, -0.2) is 0 Å². The van der Waals surface area contributed by atoms with Crippen molar-refractivity contribution in [3.8, 4) is 11.1 Å². The van der Waals surface area contributed by atoms with Crippen LogP contribution in [0.5, 0.6) is 0 Å². The summed E-state index contributed by atoms with van der Waals surface area (Å²) < 4.78 is 29.6. The lowest BCUT2D eigenvalue weighted by Crippen LogP contribution is -2.42. The van der Waals surface area contributed by atoms with Crippen LogP contribution in [0.2, 0.25) is 0 Å². The number of hydrogen-bond acceptors (Lipinski definition) is 1. The molecule has 0 saturated carbocycles. The molecule has 0 bridgehead atoms. The van der Waals surface area contributed by atoms with Crippen LogP contribution in [0, 0.1) is 12.3 Å². The Morgan fingerprint density at radius 3 is 1.68 bits per heavy atom. The Balaban J connectivity index is 1.70. The standard InChI is InChI=1S/C34H35Br2N/c1-22-20-23(24-8-18-29-30(21-24)33(4,5)34(6,7)32(29,2)3)9-19-31(22)37(27-14-10-25(35)11-15-27)28-16-12-26(36)13-17-28/h8-21H,1-7H3/i8D,18D,21D. The van der Waals surface area contributed by atoms with Crippen LogP contribution in [-0.4, -0.2) is 0 Å². The van der Waals surface area contributed by atoms with Crippen molar-refractivity contribution in [2.24, 2.45) is 5.41 Å². The van der Waals surface area contributed by atoms with E-state index in [1.165, 1.54) is 0 Å². The van der Waals surface area contributed by atoms with E-state index < -0.39 is 0 Å². The third kappa shape index (κ3) is 4.19. The first-order chi connectivity index (χ1) is 18.6. The minimum Gasteiger partial charge on any atom is -0.310 e. The average molecular weight is 620 g/mol. The lowest BCUT2D eigenvalue weighted by Gasteiger charge is -2.44. The molecule has 0 amide bonds. The van der Waals surface area contributed by atoms with Gasteiger partial charge >= 0.3 is 0 Å². The van der Waals surface area contributed by atoms with Gasteiger partial charge in [-0.2, -0.15) is 0 Å². The second-order valence-corrected chi connectivity index (χ2v) is 13.5. The molecule has 0 atom stereocenters. The second kappa shape index (κ2) is 9.13. The zero-order valence-electron chi connectivity index (χ0n) is 25.6. The zero-order chi connectivity index (χ0) is 29.4. The van der Waals surface area contributed by atoms with Gasteiger partial charge in [-0.3, -0.25) is 0 Å². The van der Waals surface area contributed by atoms with Crippen LogP contribution >= 0.6 is 31.9 Å². The minimum absolute atomic E-state index is 0.134. The van der Waals surface area contributed by atoms with Crippen molar-refractivity contribution < 1.29 is 4.11 Å². The minimum atomic E-state index is -0.331. The summed E-state index contributed by atoms with van der Waals surface area (Å²) in [5.74, 6) is 0. The van der Waals surface area contributed by atoms with Crippen molar-refractivity contribution in [2.75, 3.05) is 4.90 Å². The van der Waals surface area contributed by atoms with Crippen LogP contribution in [0.25, 0.3) is 11.1 Å². The van der Waals surface area contributed by atoms with Gasteiger partial charge in [0.15, 0.2) is 0 Å². The molecule has 3 heteroatoms. The Kier molecular flexibility index (Phi) is 5.58. The maximum atomic E-state index is 9.41. The molecule has 1 aliphatic rings. The Bertz CT molecular complexity index is 1580. The van der Waals surface area contributed by atoms with E-state index in [4.69, 9.17) is 2.74 Å². The van der Waals surface area contributed by atoms with Gasteiger partial charge in [0.2, 0.25) is 0 Å². The highest BCUT2D eigenvalue weighted by Gasteiger charge is 2.56. The molecule has 4 aromatic rings. The van der Waals surface area contributed by atoms with Gasteiger partial charge in [-0.05, 0) is 112 Å². The number of anilines is 3. The number of halogens is 2. The monoisotopic (exact) mass is 618 g/mol. The van der Waals surface area contributed by atoms with Gasteiger partial charge in [-0.1, -0.05) is 97.6 Å². The maximum Gasteiger partial charge on any atom is 0.0632 e. The molecule has 0 saturated heterocycles. The number of fused-ring (bicyclic) bond motifs is 1. The molecule has 0 heterocycles. The quantitative estimate of drug-likeness (QED) is 0.219. The number of hydrogen-bond donors (Lipinski definition) is 0. The Hall–Kier alpha value is -2.36. The third-order valence-corrected chi connectivity index (χ3v) is 10.1. The molecular weight excluding hydrogens is 582 g/mol. The highest BCUT2D eigenvalue weighted by Crippen LogP contribution is 2.61. The molecule has 1 nitrogen and oxygen atoms in total. The van der Waals surface area contributed by atoms with Crippen molar-refractivity contribution in [3.63, 3.8) is 0 Å². The average Bonchev–Trinajstić information content (AvgIpc) is 3.00. The summed E-state index contributed by atoms with van der Waals surface area (Å²) >= 11 is 7.11. The Morgan fingerprint density at radius 2 is 1.16 bits per heavy atom. The van der Waals surface area contributed by atoms with Crippen LogP contribution < -0.4 is 4.90 Å². The van der Waals surface area contributed by atoms with Gasteiger partial charge in [-0.15, -0.1) is 0 Å². The summed E-state index contributed by atoms with van der Waals surface area (Å²) in [4.78, 5) is 2.22. The number of aryl methyl sites for hydroxylation is 1. The summed E-state index contributed by atoms with van der Waals surface area (Å²) in [5.41, 5.74) is 6.36. The first kappa shape index (κ1) is 22.6. The lowest BCUT2D eigenvalue weighted by atomic mass is 9.59. The highest BCUT2D eigenvalue weighted by molar-refractivity contribution is 9.10. The molecule has 0 aromatic heterocycles. The summed E-state index contributed by atoms with van der Waals surface area (Å²) in [6, 6.07) is 23.4. The van der Waals surface area contributed by atoms with Crippen LogP contribution in [0.15, 0.2) is 93.8 Å². The molecule has 4 aromatic carbocycles. The van der Waals surface area contributed by atoms with Crippen LogP contribution in [0.1, 0.15) is 62.3 Å². The smallest absolute Gasteiger partial charge is 0.0632 e. The van der Waals surface area contributed by atoms with Gasteiger partial charge in [0.25, 0.3) is 0 Å². The first-order valence-corrected chi connectivity index (χ1v) is 14.3. The van der Waals surface area contributed by atoms with E-state index in [1.807, 2.05) is 30.3 Å². The molecule has 0 unspecified atom stereocenters. The van der Waals surface area contributed by atoms with E-state index in [2.05, 4.69) is 122 Å². The summed E-state index contributed by atoms with van der Waals surface area (Å²) in [6.45, 7) is 15.2. The lowest BCUT2D eigenvalue weighted by molar-refractivity contribution is 0.125. The molecule has 0 fully saturated rings. The molecule has 5 rings (SSSR count). The van der Waals surface area contributed by atoms with Gasteiger partial charge in [0.05, 0.1) is 4.11 Å². The van der Waals surface area contributed by atoms with Gasteiger partial charge < -0.3 is 4.90 Å². The maximum absolute atomic E-state index is 9.41. The molecular formula is C34H35Br2N. The van der Waals surface area contributed by atoms with Crippen molar-refractivity contribution >= 4 is 48.9 Å². The Labute approximate surface area is 243 Å². The normalized spacial score (nSPS) is 18.0. The fourth-order valence-corrected chi connectivity index (χ4v) is 6.09. The van der Waals surface area contributed by atoms with Crippen LogP contribution in [0.3, 0.4) is 0 Å². The number of nitrogens with zero attached hydrogens (tertiary/aromatic N) is 1. The van der Waals surface area contributed by atoms with E-state index in [9.17, 15) is 1.37 Å². The van der Waals surface area contributed by atoms with Gasteiger partial charge in [0.1, 0.15) is 0 Å². The van der Waals surface area contributed by atoms with Crippen LogP contribution in [0.4, 0.5) is 17.1 Å². The molecule has 0 spiro atoms. The van der Waals surface area contributed by atoms with E-state index in [1.54, 1.807) is 0 Å². The number of rotatable bonds is 4. The Morgan fingerprint density at radius 1 is 0.649 bits per heavy atom. The number of benzene rings is 4. The molecule has 0 N–H and O–H groups in total. The first-order valence-electron chi connectivity index (χ1n) is 14.2. The van der Waals surface area contributed by atoms with Gasteiger partial charge in [0, 0.05) is 26.0 Å². The zero-order valence-corrected chi connectivity index (χ0v) is 25.7. The predicted octanol–water partition coefficient (Wildman–Crippen LogP) is 11.3. The summed E-state index contributed by atoms with van der Waals surface area (Å²) in [7, 11) is 0. The van der Waals surface area contributed by atoms with Crippen LogP contribution in [-0.2, 0) is 10.8 Å². The highest BCUT2D eigenvalue weighted by atomic mass is 79.9. The van der Waals surface area contributed by atoms with Crippen molar-refractivity contribution in [1.82, 2.24) is 0 Å². The van der Waals surface area contributed by atoms with E-state index >= 15 is 0 Å². The topological polar surface area (TPSA) is 3.24 Å². The summed E-state index contributed by atoms with van der Waals surface area (Å²) in [6.07, 6.45) is 0. The van der Waals surface area contributed by atoms with E-state index in [0.29, 0.717) is 11.6 Å². The van der Waals surface area contributed by atoms with E-state index in [0.717, 1.165) is 48.3 Å². The molecule has 0 aliphatic heterocycles. The fraction of sp³-hybridized carbons (Fsp3) is 0.294. The van der Waals surface area contributed by atoms with Crippen molar-refractivity contribution in [1.29, 1.82) is 0 Å². The van der Waals surface area contributed by atoms with Crippen molar-refractivity contribution in [3.05, 3.63) is 110 Å². The SMILES string of the molecule is [2H]c1c([2H])c2c(c([2H])c1-c1ccc(N(c3ccc(Br)cc3)c3ccc(Br)cc3)c(C)c1)C(C)(C)C(C)(C)C2(C)C. The van der Waals surface area contributed by atoms with Crippen molar-refractivity contribution in [2.45, 2.75) is 59.3 Å². The predicted molar refractivity (Wildman–Crippen MR) is 167 cm³/mol. The van der Waals surface area contributed by atoms with E-state index in [-0.39, 0.29) is 28.3 Å². The largest absolute Gasteiger partial charge is 0.310 e. The third-order valence-electron chi connectivity index (χ3n) is 9.08. The molecule has 1 aliphatic carbocycles. The molecule has 37 heavy (non-hydrogen) atoms. The molecule has 190 valence electrons. The molecule has 0 radical (unpaired) electrons.